The monoisotopic (exact) mass is 247 g/mol. The molecule has 1 N–H and O–H groups in total. The number of hydrogen-bond acceptors (Lipinski definition) is 3. The Morgan fingerprint density at radius 1 is 1.33 bits per heavy atom. The summed E-state index contributed by atoms with van der Waals surface area (Å²) in [6, 6.07) is 6.94. The molecule has 3 heteroatoms. The minimum absolute atomic E-state index is 0.232. The van der Waals surface area contributed by atoms with Crippen molar-refractivity contribution in [3.63, 3.8) is 0 Å². The number of rotatable bonds is 2. The van der Waals surface area contributed by atoms with Gasteiger partial charge in [-0.2, -0.15) is 0 Å². The summed E-state index contributed by atoms with van der Waals surface area (Å²) in [7, 11) is 0. The van der Waals surface area contributed by atoms with Crippen molar-refractivity contribution < 1.29 is 9.47 Å². The molecule has 3 atom stereocenters. The number of anilines is 1. The zero-order valence-electron chi connectivity index (χ0n) is 11.1. The maximum absolute atomic E-state index is 5.95. The van der Waals surface area contributed by atoms with Gasteiger partial charge in [0.15, 0.2) is 0 Å². The second-order valence-electron chi connectivity index (χ2n) is 5.54. The Labute approximate surface area is 108 Å². The zero-order chi connectivity index (χ0) is 12.5. The highest BCUT2D eigenvalue weighted by Gasteiger charge is 2.22. The van der Waals surface area contributed by atoms with E-state index in [0.717, 1.165) is 31.8 Å². The van der Waals surface area contributed by atoms with Gasteiger partial charge >= 0.3 is 0 Å². The van der Waals surface area contributed by atoms with Crippen LogP contribution in [0.4, 0.5) is 5.69 Å². The van der Waals surface area contributed by atoms with Crippen LogP contribution in [0.3, 0.4) is 0 Å². The molecule has 1 aromatic carbocycles. The van der Waals surface area contributed by atoms with Gasteiger partial charge in [-0.05, 0) is 43.0 Å². The quantitative estimate of drug-likeness (QED) is 0.871. The van der Waals surface area contributed by atoms with E-state index in [0.29, 0.717) is 12.0 Å². The molecule has 98 valence electrons. The number of benzene rings is 1. The van der Waals surface area contributed by atoms with Crippen molar-refractivity contribution in [2.45, 2.75) is 38.8 Å². The van der Waals surface area contributed by atoms with Crippen molar-refractivity contribution in [3.05, 3.63) is 23.8 Å². The Balaban J connectivity index is 1.76. The van der Waals surface area contributed by atoms with Crippen LogP contribution in [-0.4, -0.2) is 25.4 Å². The van der Waals surface area contributed by atoms with Crippen LogP contribution in [0.2, 0.25) is 0 Å². The molecule has 0 radical (unpaired) electrons. The van der Waals surface area contributed by atoms with Crippen molar-refractivity contribution in [2.24, 2.45) is 5.92 Å². The average molecular weight is 247 g/mol. The molecule has 3 nitrogen and oxygen atoms in total. The summed E-state index contributed by atoms with van der Waals surface area (Å²) < 4.78 is 11.3. The zero-order valence-corrected chi connectivity index (χ0v) is 11.1. The fourth-order valence-corrected chi connectivity index (χ4v) is 2.66. The predicted molar refractivity (Wildman–Crippen MR) is 72.2 cm³/mol. The molecule has 1 saturated heterocycles. The van der Waals surface area contributed by atoms with E-state index < -0.39 is 0 Å². The van der Waals surface area contributed by atoms with Gasteiger partial charge in [-0.25, -0.2) is 0 Å². The molecular formula is C15H21NO2. The minimum atomic E-state index is 0.232. The second kappa shape index (κ2) is 4.81. The van der Waals surface area contributed by atoms with Gasteiger partial charge in [-0.15, -0.1) is 0 Å². The number of hydrogen-bond donors (Lipinski definition) is 1. The lowest BCUT2D eigenvalue weighted by atomic mass is 9.89. The predicted octanol–water partition coefficient (Wildman–Crippen LogP) is 2.85. The van der Waals surface area contributed by atoms with Crippen LogP contribution in [0.5, 0.6) is 5.75 Å². The van der Waals surface area contributed by atoms with Crippen molar-refractivity contribution in [2.75, 3.05) is 18.5 Å². The molecule has 0 spiro atoms. The first-order chi connectivity index (χ1) is 8.72. The molecule has 0 amide bonds. The Hall–Kier alpha value is -1.22. The SMILES string of the molecule is CC1Cc2cc(OC3CCOC3)ccc2N[C@H]1C. The van der Waals surface area contributed by atoms with E-state index >= 15 is 0 Å². The number of ether oxygens (including phenoxy) is 2. The van der Waals surface area contributed by atoms with E-state index in [1.165, 1.54) is 11.3 Å². The standard InChI is InChI=1S/C15H21NO2/c1-10-7-12-8-13(18-14-5-6-17-9-14)3-4-15(12)16-11(10)2/h3-4,8,10-11,14,16H,5-7,9H2,1-2H3/t10?,11-,14?/m0/s1. The molecule has 1 aromatic rings. The van der Waals surface area contributed by atoms with E-state index in [4.69, 9.17) is 9.47 Å². The molecule has 2 unspecified atom stereocenters. The lowest BCUT2D eigenvalue weighted by molar-refractivity contribution is 0.141. The highest BCUT2D eigenvalue weighted by molar-refractivity contribution is 5.56. The maximum Gasteiger partial charge on any atom is 0.124 e. The van der Waals surface area contributed by atoms with Gasteiger partial charge in [-0.1, -0.05) is 6.92 Å². The Morgan fingerprint density at radius 2 is 2.22 bits per heavy atom. The van der Waals surface area contributed by atoms with Crippen LogP contribution in [0.1, 0.15) is 25.8 Å². The average Bonchev–Trinajstić information content (AvgIpc) is 2.84. The second-order valence-corrected chi connectivity index (χ2v) is 5.54. The largest absolute Gasteiger partial charge is 0.488 e. The third-order valence-corrected chi connectivity index (χ3v) is 4.05. The smallest absolute Gasteiger partial charge is 0.124 e. The highest BCUT2D eigenvalue weighted by Crippen LogP contribution is 2.31. The Morgan fingerprint density at radius 3 is 3.00 bits per heavy atom. The van der Waals surface area contributed by atoms with Crippen LogP contribution in [-0.2, 0) is 11.2 Å². The van der Waals surface area contributed by atoms with E-state index in [2.05, 4.69) is 37.4 Å². The van der Waals surface area contributed by atoms with Crippen molar-refractivity contribution in [1.82, 2.24) is 0 Å². The third kappa shape index (κ3) is 2.32. The van der Waals surface area contributed by atoms with Gasteiger partial charge in [0.1, 0.15) is 11.9 Å². The van der Waals surface area contributed by atoms with Crippen LogP contribution < -0.4 is 10.1 Å². The topological polar surface area (TPSA) is 30.5 Å². The van der Waals surface area contributed by atoms with Gasteiger partial charge < -0.3 is 14.8 Å². The van der Waals surface area contributed by atoms with Gasteiger partial charge in [0.05, 0.1) is 13.2 Å². The molecule has 0 aromatic heterocycles. The molecule has 0 aliphatic carbocycles. The summed E-state index contributed by atoms with van der Waals surface area (Å²) in [4.78, 5) is 0. The van der Waals surface area contributed by atoms with Crippen LogP contribution in [0.25, 0.3) is 0 Å². The lowest BCUT2D eigenvalue weighted by Crippen LogP contribution is -2.30. The van der Waals surface area contributed by atoms with Gasteiger partial charge in [0, 0.05) is 18.2 Å². The summed E-state index contributed by atoms with van der Waals surface area (Å²) in [5.74, 6) is 1.65. The van der Waals surface area contributed by atoms with E-state index in [1.807, 2.05) is 0 Å². The molecule has 1 fully saturated rings. The van der Waals surface area contributed by atoms with Crippen LogP contribution in [0.15, 0.2) is 18.2 Å². The third-order valence-electron chi connectivity index (χ3n) is 4.05. The summed E-state index contributed by atoms with van der Waals surface area (Å²) in [5.41, 5.74) is 2.63. The first-order valence-electron chi connectivity index (χ1n) is 6.86. The number of fused-ring (bicyclic) bond motifs is 1. The van der Waals surface area contributed by atoms with E-state index in [9.17, 15) is 0 Å². The minimum Gasteiger partial charge on any atom is -0.488 e. The molecule has 3 rings (SSSR count). The molecule has 18 heavy (non-hydrogen) atoms. The molecule has 2 heterocycles. The van der Waals surface area contributed by atoms with Gasteiger partial charge in [-0.3, -0.25) is 0 Å². The molecular weight excluding hydrogens is 226 g/mol. The summed E-state index contributed by atoms with van der Waals surface area (Å²) >= 11 is 0. The Kier molecular flexibility index (Phi) is 3.16. The normalized spacial score (nSPS) is 30.7. The lowest BCUT2D eigenvalue weighted by Gasteiger charge is -2.30. The maximum atomic E-state index is 5.95. The first-order valence-corrected chi connectivity index (χ1v) is 6.86. The van der Waals surface area contributed by atoms with Crippen molar-refractivity contribution in [3.8, 4) is 5.75 Å². The highest BCUT2D eigenvalue weighted by atomic mass is 16.5. The fourth-order valence-electron chi connectivity index (χ4n) is 2.66. The first kappa shape index (κ1) is 11.8. The van der Waals surface area contributed by atoms with Crippen molar-refractivity contribution >= 4 is 5.69 Å². The summed E-state index contributed by atoms with van der Waals surface area (Å²) in [5, 5.41) is 3.55. The van der Waals surface area contributed by atoms with Crippen LogP contribution in [0, 0.1) is 5.92 Å². The van der Waals surface area contributed by atoms with Gasteiger partial charge in [0.2, 0.25) is 0 Å². The summed E-state index contributed by atoms with van der Waals surface area (Å²) in [6.07, 6.45) is 2.36. The summed E-state index contributed by atoms with van der Waals surface area (Å²) in [6.45, 7) is 6.08. The Bertz CT molecular complexity index is 427. The van der Waals surface area contributed by atoms with E-state index in [-0.39, 0.29) is 6.10 Å². The van der Waals surface area contributed by atoms with Gasteiger partial charge in [0.25, 0.3) is 0 Å². The molecule has 2 aliphatic heterocycles. The van der Waals surface area contributed by atoms with Crippen molar-refractivity contribution in [1.29, 1.82) is 0 Å². The van der Waals surface area contributed by atoms with Crippen LogP contribution >= 0.6 is 0 Å². The van der Waals surface area contributed by atoms with E-state index in [1.54, 1.807) is 0 Å². The number of nitrogens with one attached hydrogen (secondary N) is 1. The molecule has 2 aliphatic rings. The molecule has 0 saturated carbocycles. The fraction of sp³-hybridized carbons (Fsp3) is 0.600. The molecule has 0 bridgehead atoms.